The SMILES string of the molecule is CCCCOc1cccnc1C(=O)NC(=O)[C@@H](C)N. The summed E-state index contributed by atoms with van der Waals surface area (Å²) in [5.41, 5.74) is 5.47. The molecule has 0 aliphatic carbocycles. The summed E-state index contributed by atoms with van der Waals surface area (Å²) in [5.74, 6) is -0.782. The van der Waals surface area contributed by atoms with Crippen LogP contribution in [0.3, 0.4) is 0 Å². The Morgan fingerprint density at radius 3 is 2.89 bits per heavy atom. The molecular weight excluding hydrogens is 246 g/mol. The Morgan fingerprint density at radius 1 is 1.53 bits per heavy atom. The maximum absolute atomic E-state index is 11.9. The van der Waals surface area contributed by atoms with Crippen molar-refractivity contribution in [3.8, 4) is 5.75 Å². The van der Waals surface area contributed by atoms with Crippen molar-refractivity contribution in [2.75, 3.05) is 6.61 Å². The summed E-state index contributed by atoms with van der Waals surface area (Å²) < 4.78 is 5.47. The van der Waals surface area contributed by atoms with Crippen LogP contribution in [0.2, 0.25) is 0 Å². The minimum Gasteiger partial charge on any atom is -0.491 e. The lowest BCUT2D eigenvalue weighted by Crippen LogP contribution is -2.41. The Bertz CT molecular complexity index is 447. The van der Waals surface area contributed by atoms with E-state index in [9.17, 15) is 9.59 Å². The van der Waals surface area contributed by atoms with Crippen LogP contribution in [0.4, 0.5) is 0 Å². The van der Waals surface area contributed by atoms with Crippen molar-refractivity contribution < 1.29 is 14.3 Å². The highest BCUT2D eigenvalue weighted by atomic mass is 16.5. The van der Waals surface area contributed by atoms with Crippen molar-refractivity contribution in [2.24, 2.45) is 5.73 Å². The molecular formula is C13H19N3O3. The predicted molar refractivity (Wildman–Crippen MR) is 70.8 cm³/mol. The number of nitrogens with one attached hydrogen (secondary N) is 1. The molecule has 6 heteroatoms. The average Bonchev–Trinajstić information content (AvgIpc) is 2.39. The van der Waals surface area contributed by atoms with Crippen LogP contribution in [-0.2, 0) is 4.79 Å². The minimum absolute atomic E-state index is 0.0904. The number of hydrogen-bond donors (Lipinski definition) is 2. The van der Waals surface area contributed by atoms with Crippen LogP contribution >= 0.6 is 0 Å². The smallest absolute Gasteiger partial charge is 0.280 e. The van der Waals surface area contributed by atoms with Gasteiger partial charge in [-0.25, -0.2) is 4.98 Å². The molecule has 19 heavy (non-hydrogen) atoms. The number of aromatic nitrogens is 1. The third-order valence-corrected chi connectivity index (χ3v) is 2.39. The first-order valence-electron chi connectivity index (χ1n) is 6.24. The molecule has 1 aromatic rings. The Balaban J connectivity index is 2.75. The van der Waals surface area contributed by atoms with E-state index < -0.39 is 17.9 Å². The molecule has 1 heterocycles. The summed E-state index contributed by atoms with van der Waals surface area (Å²) in [7, 11) is 0. The zero-order valence-corrected chi connectivity index (χ0v) is 11.2. The van der Waals surface area contributed by atoms with Crippen molar-refractivity contribution in [3.05, 3.63) is 24.0 Å². The van der Waals surface area contributed by atoms with Gasteiger partial charge in [0.25, 0.3) is 5.91 Å². The lowest BCUT2D eigenvalue weighted by Gasteiger charge is -2.10. The summed E-state index contributed by atoms with van der Waals surface area (Å²) in [5, 5.41) is 2.18. The van der Waals surface area contributed by atoms with Gasteiger partial charge in [0.05, 0.1) is 12.6 Å². The van der Waals surface area contributed by atoms with Crippen LogP contribution in [0.25, 0.3) is 0 Å². The van der Waals surface area contributed by atoms with E-state index in [4.69, 9.17) is 10.5 Å². The fraction of sp³-hybridized carbons (Fsp3) is 0.462. The Hall–Kier alpha value is -1.95. The molecule has 0 bridgehead atoms. The molecule has 0 radical (unpaired) electrons. The lowest BCUT2D eigenvalue weighted by molar-refractivity contribution is -0.121. The molecule has 0 aliphatic rings. The van der Waals surface area contributed by atoms with Gasteiger partial charge in [0, 0.05) is 6.20 Å². The van der Waals surface area contributed by atoms with Crippen molar-refractivity contribution >= 4 is 11.8 Å². The summed E-state index contributed by atoms with van der Waals surface area (Å²) in [4.78, 5) is 27.2. The van der Waals surface area contributed by atoms with E-state index in [1.54, 1.807) is 12.1 Å². The molecule has 0 saturated heterocycles. The summed E-state index contributed by atoms with van der Waals surface area (Å²) in [6, 6.07) is 2.57. The maximum Gasteiger partial charge on any atom is 0.280 e. The highest BCUT2D eigenvalue weighted by molar-refractivity contribution is 6.06. The molecule has 1 rings (SSSR count). The number of nitrogens with zero attached hydrogens (tertiary/aromatic N) is 1. The summed E-state index contributed by atoms with van der Waals surface area (Å²) in [6.07, 6.45) is 3.34. The van der Waals surface area contributed by atoms with Crippen LogP contribution in [0, 0.1) is 0 Å². The monoisotopic (exact) mass is 265 g/mol. The van der Waals surface area contributed by atoms with E-state index in [1.807, 2.05) is 6.92 Å². The molecule has 3 N–H and O–H groups in total. The van der Waals surface area contributed by atoms with E-state index in [1.165, 1.54) is 13.1 Å². The van der Waals surface area contributed by atoms with Crippen LogP contribution in [0.1, 0.15) is 37.2 Å². The van der Waals surface area contributed by atoms with Crippen molar-refractivity contribution in [1.29, 1.82) is 0 Å². The highest BCUT2D eigenvalue weighted by Crippen LogP contribution is 2.15. The predicted octanol–water partition coefficient (Wildman–Crippen LogP) is 0.864. The second-order valence-corrected chi connectivity index (χ2v) is 4.16. The quantitative estimate of drug-likeness (QED) is 0.744. The Labute approximate surface area is 112 Å². The number of nitrogens with two attached hydrogens (primary N) is 1. The molecule has 0 aromatic carbocycles. The van der Waals surface area contributed by atoms with E-state index in [0.717, 1.165) is 12.8 Å². The highest BCUT2D eigenvalue weighted by Gasteiger charge is 2.18. The summed E-state index contributed by atoms with van der Waals surface area (Å²) >= 11 is 0. The van der Waals surface area contributed by atoms with Gasteiger partial charge in [0.15, 0.2) is 11.4 Å². The molecule has 0 aliphatic heterocycles. The van der Waals surface area contributed by atoms with Gasteiger partial charge in [0.2, 0.25) is 5.91 Å². The number of pyridine rings is 1. The number of amides is 2. The molecule has 0 unspecified atom stereocenters. The molecule has 0 saturated carbocycles. The fourth-order valence-electron chi connectivity index (χ4n) is 1.29. The van der Waals surface area contributed by atoms with Gasteiger partial charge < -0.3 is 10.5 Å². The average molecular weight is 265 g/mol. The van der Waals surface area contributed by atoms with Gasteiger partial charge in [-0.3, -0.25) is 14.9 Å². The van der Waals surface area contributed by atoms with Crippen LogP contribution in [0.15, 0.2) is 18.3 Å². The standard InChI is InChI=1S/C13H19N3O3/c1-3-4-8-19-10-6-5-7-15-11(10)13(18)16-12(17)9(2)14/h5-7,9H,3-4,8,14H2,1-2H3,(H,16,17,18)/t9-/m1/s1. The zero-order chi connectivity index (χ0) is 14.3. The van der Waals surface area contributed by atoms with Gasteiger partial charge in [-0.15, -0.1) is 0 Å². The number of ether oxygens (including phenoxy) is 1. The van der Waals surface area contributed by atoms with Crippen LogP contribution in [-0.4, -0.2) is 29.4 Å². The van der Waals surface area contributed by atoms with Crippen molar-refractivity contribution in [3.63, 3.8) is 0 Å². The third kappa shape index (κ3) is 4.67. The normalized spacial score (nSPS) is 11.7. The molecule has 1 aromatic heterocycles. The first kappa shape index (κ1) is 15.1. The van der Waals surface area contributed by atoms with Crippen LogP contribution < -0.4 is 15.8 Å². The zero-order valence-electron chi connectivity index (χ0n) is 11.2. The minimum atomic E-state index is -0.753. The van der Waals surface area contributed by atoms with Gasteiger partial charge in [-0.05, 0) is 25.5 Å². The largest absolute Gasteiger partial charge is 0.491 e. The summed E-state index contributed by atoms with van der Waals surface area (Å²) in [6.45, 7) is 4.05. The van der Waals surface area contributed by atoms with E-state index in [2.05, 4.69) is 10.3 Å². The fourth-order valence-corrected chi connectivity index (χ4v) is 1.29. The molecule has 0 spiro atoms. The second-order valence-electron chi connectivity index (χ2n) is 4.16. The van der Waals surface area contributed by atoms with Crippen molar-refractivity contribution in [1.82, 2.24) is 10.3 Å². The molecule has 6 nitrogen and oxygen atoms in total. The van der Waals surface area contributed by atoms with Crippen molar-refractivity contribution in [2.45, 2.75) is 32.7 Å². The van der Waals surface area contributed by atoms with Crippen LogP contribution in [0.5, 0.6) is 5.75 Å². The van der Waals surface area contributed by atoms with Gasteiger partial charge in [-0.2, -0.15) is 0 Å². The molecule has 1 atom stereocenters. The number of carbonyl (C=O) groups excluding carboxylic acids is 2. The number of hydrogen-bond acceptors (Lipinski definition) is 5. The number of imide groups is 1. The van der Waals surface area contributed by atoms with Gasteiger partial charge >= 0.3 is 0 Å². The Morgan fingerprint density at radius 2 is 2.26 bits per heavy atom. The number of carbonyl (C=O) groups is 2. The van der Waals surface area contributed by atoms with E-state index in [0.29, 0.717) is 12.4 Å². The van der Waals surface area contributed by atoms with Gasteiger partial charge in [-0.1, -0.05) is 13.3 Å². The molecule has 104 valence electrons. The van der Waals surface area contributed by atoms with E-state index in [-0.39, 0.29) is 5.69 Å². The first-order chi connectivity index (χ1) is 9.06. The van der Waals surface area contributed by atoms with E-state index >= 15 is 0 Å². The van der Waals surface area contributed by atoms with Gasteiger partial charge in [0.1, 0.15) is 0 Å². The lowest BCUT2D eigenvalue weighted by atomic mass is 10.2. The number of unbranched alkanes of at least 4 members (excludes halogenated alkanes) is 1. The molecule has 2 amide bonds. The second kappa shape index (κ2) is 7.48. The first-order valence-corrected chi connectivity index (χ1v) is 6.24. The Kier molecular flexibility index (Phi) is 5.95. The topological polar surface area (TPSA) is 94.3 Å². The number of rotatable bonds is 6. The molecule has 0 fully saturated rings. The maximum atomic E-state index is 11.9. The third-order valence-electron chi connectivity index (χ3n) is 2.39.